The van der Waals surface area contributed by atoms with Gasteiger partial charge in [-0.05, 0) is 18.5 Å². The summed E-state index contributed by atoms with van der Waals surface area (Å²) in [5.74, 6) is 0.526. The minimum absolute atomic E-state index is 0.305. The van der Waals surface area contributed by atoms with Gasteiger partial charge in [0.15, 0.2) is 0 Å². The van der Waals surface area contributed by atoms with Crippen LogP contribution in [0, 0.1) is 0 Å². The molecule has 1 aromatic carbocycles. The van der Waals surface area contributed by atoms with Gasteiger partial charge in [0.1, 0.15) is 0 Å². The first kappa shape index (κ1) is 10.7. The number of nitrogens with zero attached hydrogens (tertiary/aromatic N) is 1. The quantitative estimate of drug-likeness (QED) is 0.814. The third kappa shape index (κ3) is 2.39. The lowest BCUT2D eigenvalue weighted by molar-refractivity contribution is 0.332. The first-order chi connectivity index (χ1) is 7.31. The summed E-state index contributed by atoms with van der Waals surface area (Å²) in [5.41, 5.74) is 7.58. The molecule has 1 aliphatic heterocycles. The number of likely N-dealkylation sites (tertiary alicyclic amines) is 1. The second-order valence-electron chi connectivity index (χ2n) is 4.44. The Labute approximate surface area is 92.1 Å². The largest absolute Gasteiger partial charge is 0.326 e. The molecule has 1 aliphatic rings. The van der Waals surface area contributed by atoms with Gasteiger partial charge in [-0.15, -0.1) is 0 Å². The van der Waals surface area contributed by atoms with E-state index in [2.05, 4.69) is 42.2 Å². The Bertz CT molecular complexity index is 297. The summed E-state index contributed by atoms with van der Waals surface area (Å²) in [4.78, 5) is 2.47. The third-order valence-corrected chi connectivity index (χ3v) is 3.21. The van der Waals surface area contributed by atoms with E-state index >= 15 is 0 Å². The van der Waals surface area contributed by atoms with Gasteiger partial charge in [-0.3, -0.25) is 0 Å². The molecule has 1 saturated heterocycles. The minimum atomic E-state index is 0.305. The molecule has 15 heavy (non-hydrogen) atoms. The summed E-state index contributed by atoms with van der Waals surface area (Å²) in [6.07, 6.45) is 1.22. The van der Waals surface area contributed by atoms with Crippen LogP contribution in [0.3, 0.4) is 0 Å². The molecule has 82 valence electrons. The van der Waals surface area contributed by atoms with Gasteiger partial charge in [-0.1, -0.05) is 37.3 Å². The number of nitrogens with two attached hydrogens (primary N) is 1. The molecule has 0 aliphatic carbocycles. The molecule has 2 N–H and O–H groups in total. The SMILES string of the molecule is CCCN1C[C@@H](N)[C@H](c2ccccc2)C1. The van der Waals surface area contributed by atoms with Crippen LogP contribution in [0.4, 0.5) is 0 Å². The van der Waals surface area contributed by atoms with Crippen LogP contribution >= 0.6 is 0 Å². The minimum Gasteiger partial charge on any atom is -0.326 e. The Morgan fingerprint density at radius 1 is 1.27 bits per heavy atom. The van der Waals surface area contributed by atoms with Crippen molar-refractivity contribution in [1.82, 2.24) is 4.90 Å². The topological polar surface area (TPSA) is 29.3 Å². The molecule has 2 heteroatoms. The summed E-state index contributed by atoms with van der Waals surface area (Å²) >= 11 is 0. The second-order valence-corrected chi connectivity index (χ2v) is 4.44. The van der Waals surface area contributed by atoms with Gasteiger partial charge in [-0.25, -0.2) is 0 Å². The monoisotopic (exact) mass is 204 g/mol. The fraction of sp³-hybridized carbons (Fsp3) is 0.538. The fourth-order valence-electron chi connectivity index (χ4n) is 2.47. The zero-order chi connectivity index (χ0) is 10.7. The van der Waals surface area contributed by atoms with E-state index in [1.165, 1.54) is 18.5 Å². The van der Waals surface area contributed by atoms with Crippen molar-refractivity contribution < 1.29 is 0 Å². The van der Waals surface area contributed by atoms with Crippen LogP contribution in [0.2, 0.25) is 0 Å². The smallest absolute Gasteiger partial charge is 0.0249 e. The number of benzene rings is 1. The molecule has 0 unspecified atom stereocenters. The molecule has 0 bridgehead atoms. The van der Waals surface area contributed by atoms with E-state index in [-0.39, 0.29) is 0 Å². The third-order valence-electron chi connectivity index (χ3n) is 3.21. The van der Waals surface area contributed by atoms with Crippen LogP contribution in [0.5, 0.6) is 0 Å². The lowest BCUT2D eigenvalue weighted by atomic mass is 9.95. The van der Waals surface area contributed by atoms with Gasteiger partial charge in [0.25, 0.3) is 0 Å². The van der Waals surface area contributed by atoms with Gasteiger partial charge in [0, 0.05) is 25.0 Å². The average Bonchev–Trinajstić information content (AvgIpc) is 2.61. The van der Waals surface area contributed by atoms with E-state index in [4.69, 9.17) is 5.73 Å². The van der Waals surface area contributed by atoms with E-state index in [1.54, 1.807) is 0 Å². The maximum Gasteiger partial charge on any atom is 0.0249 e. The van der Waals surface area contributed by atoms with Crippen LogP contribution in [0.25, 0.3) is 0 Å². The van der Waals surface area contributed by atoms with Crippen LogP contribution in [0.1, 0.15) is 24.8 Å². The Balaban J connectivity index is 2.05. The van der Waals surface area contributed by atoms with Crippen LogP contribution < -0.4 is 5.73 Å². The van der Waals surface area contributed by atoms with Crippen molar-refractivity contribution in [1.29, 1.82) is 0 Å². The van der Waals surface area contributed by atoms with Crippen LogP contribution in [0.15, 0.2) is 30.3 Å². The van der Waals surface area contributed by atoms with Crippen molar-refractivity contribution in [3.63, 3.8) is 0 Å². The summed E-state index contributed by atoms with van der Waals surface area (Å²) in [6.45, 7) is 5.57. The van der Waals surface area contributed by atoms with E-state index in [1.807, 2.05) is 0 Å². The van der Waals surface area contributed by atoms with Crippen molar-refractivity contribution in [3.8, 4) is 0 Å². The van der Waals surface area contributed by atoms with Crippen molar-refractivity contribution in [2.24, 2.45) is 5.73 Å². The Kier molecular flexibility index (Phi) is 3.39. The van der Waals surface area contributed by atoms with Crippen LogP contribution in [-0.4, -0.2) is 30.6 Å². The highest BCUT2D eigenvalue weighted by Gasteiger charge is 2.30. The first-order valence-corrected chi connectivity index (χ1v) is 5.84. The summed E-state index contributed by atoms with van der Waals surface area (Å²) in [5, 5.41) is 0. The molecular formula is C13H20N2. The molecule has 2 atom stereocenters. The summed E-state index contributed by atoms with van der Waals surface area (Å²) in [6, 6.07) is 11.0. The molecular weight excluding hydrogens is 184 g/mol. The Morgan fingerprint density at radius 3 is 2.67 bits per heavy atom. The van der Waals surface area contributed by atoms with Gasteiger partial charge in [0.2, 0.25) is 0 Å². The van der Waals surface area contributed by atoms with Crippen LogP contribution in [-0.2, 0) is 0 Å². The van der Waals surface area contributed by atoms with Crippen molar-refractivity contribution in [2.45, 2.75) is 25.3 Å². The van der Waals surface area contributed by atoms with Gasteiger partial charge in [0.05, 0.1) is 0 Å². The highest BCUT2D eigenvalue weighted by molar-refractivity contribution is 5.23. The summed E-state index contributed by atoms with van der Waals surface area (Å²) in [7, 11) is 0. The van der Waals surface area contributed by atoms with Crippen molar-refractivity contribution >= 4 is 0 Å². The van der Waals surface area contributed by atoms with E-state index < -0.39 is 0 Å². The van der Waals surface area contributed by atoms with Gasteiger partial charge < -0.3 is 10.6 Å². The number of rotatable bonds is 3. The fourth-order valence-corrected chi connectivity index (χ4v) is 2.47. The zero-order valence-electron chi connectivity index (χ0n) is 9.39. The first-order valence-electron chi connectivity index (χ1n) is 5.84. The lowest BCUT2D eigenvalue weighted by Gasteiger charge is -2.15. The number of hydrogen-bond acceptors (Lipinski definition) is 2. The zero-order valence-corrected chi connectivity index (χ0v) is 9.39. The highest BCUT2D eigenvalue weighted by atomic mass is 15.2. The molecule has 2 rings (SSSR count). The molecule has 2 nitrogen and oxygen atoms in total. The Hall–Kier alpha value is -0.860. The van der Waals surface area contributed by atoms with Crippen molar-refractivity contribution in [3.05, 3.63) is 35.9 Å². The standard InChI is InChI=1S/C13H20N2/c1-2-8-15-9-12(13(14)10-15)11-6-4-3-5-7-11/h3-7,12-13H,2,8-10,14H2,1H3/t12-,13+/m0/s1. The van der Waals surface area contributed by atoms with Gasteiger partial charge in [-0.2, -0.15) is 0 Å². The predicted octanol–water partition coefficient (Wildman–Crippen LogP) is 1.82. The van der Waals surface area contributed by atoms with Gasteiger partial charge >= 0.3 is 0 Å². The second kappa shape index (κ2) is 4.77. The molecule has 0 radical (unpaired) electrons. The summed E-state index contributed by atoms with van der Waals surface area (Å²) < 4.78 is 0. The highest BCUT2D eigenvalue weighted by Crippen LogP contribution is 2.26. The maximum absolute atomic E-state index is 6.19. The van der Waals surface area contributed by atoms with Crippen molar-refractivity contribution in [2.75, 3.05) is 19.6 Å². The molecule has 1 heterocycles. The lowest BCUT2D eigenvalue weighted by Crippen LogP contribution is -2.29. The molecule has 0 aromatic heterocycles. The van der Waals surface area contributed by atoms with E-state index in [0.717, 1.165) is 13.1 Å². The average molecular weight is 204 g/mol. The molecule has 1 fully saturated rings. The number of hydrogen-bond donors (Lipinski definition) is 1. The Morgan fingerprint density at radius 2 is 2.00 bits per heavy atom. The molecule has 0 saturated carbocycles. The predicted molar refractivity (Wildman–Crippen MR) is 63.9 cm³/mol. The molecule has 0 amide bonds. The molecule has 1 aromatic rings. The van der Waals surface area contributed by atoms with E-state index in [0.29, 0.717) is 12.0 Å². The maximum atomic E-state index is 6.19. The normalized spacial score (nSPS) is 27.1. The van der Waals surface area contributed by atoms with E-state index in [9.17, 15) is 0 Å². The molecule has 0 spiro atoms.